The smallest absolute Gasteiger partial charge is 0.143 e. The minimum absolute atomic E-state index is 0.760. The molecule has 0 saturated heterocycles. The fourth-order valence-electron chi connectivity index (χ4n) is 3.02. The van der Waals surface area contributed by atoms with Crippen molar-refractivity contribution in [2.24, 2.45) is 0 Å². The molecule has 0 saturated carbocycles. The maximum Gasteiger partial charge on any atom is 0.143 e. The normalized spacial score (nSPS) is 11.0. The number of nitrogens with one attached hydrogen (secondary N) is 1. The topological polar surface area (TPSA) is 47.0 Å². The second-order valence-electron chi connectivity index (χ2n) is 6.26. The largest absolute Gasteiger partial charge is 0.497 e. The van der Waals surface area contributed by atoms with E-state index in [1.165, 1.54) is 9.13 Å². The Balaban J connectivity index is 1.85. The second-order valence-corrected chi connectivity index (χ2v) is 8.37. The van der Waals surface area contributed by atoms with Crippen LogP contribution in [-0.2, 0) is 0 Å². The van der Waals surface area contributed by atoms with Crippen LogP contribution in [0.4, 0.5) is 11.5 Å². The van der Waals surface area contributed by atoms with Gasteiger partial charge in [-0.15, -0.1) is 11.3 Å². The van der Waals surface area contributed by atoms with Gasteiger partial charge in [0.2, 0.25) is 0 Å². The van der Waals surface area contributed by atoms with Crippen molar-refractivity contribution in [1.82, 2.24) is 9.97 Å². The van der Waals surface area contributed by atoms with Crippen LogP contribution in [0.3, 0.4) is 0 Å². The van der Waals surface area contributed by atoms with Crippen LogP contribution in [0.5, 0.6) is 5.75 Å². The summed E-state index contributed by atoms with van der Waals surface area (Å²) >= 11 is 3.97. The van der Waals surface area contributed by atoms with Crippen molar-refractivity contribution in [3.63, 3.8) is 0 Å². The van der Waals surface area contributed by atoms with E-state index in [1.807, 2.05) is 19.1 Å². The van der Waals surface area contributed by atoms with Crippen LogP contribution in [-0.4, -0.2) is 17.1 Å². The number of rotatable bonds is 4. The van der Waals surface area contributed by atoms with Gasteiger partial charge < -0.3 is 10.1 Å². The van der Waals surface area contributed by atoms with Crippen molar-refractivity contribution in [1.29, 1.82) is 0 Å². The zero-order valence-corrected chi connectivity index (χ0v) is 18.2. The standard InChI is InChI=1S/C21H18IN3OS/c1-12-10-15(22)6-9-18(12)25-20-19-17(11-27-21(19)24-13(2)23-20)14-4-7-16(26-3)8-5-14/h4-11H,1-3H3,(H,23,24,25). The Morgan fingerprint density at radius 1 is 1.04 bits per heavy atom. The van der Waals surface area contributed by atoms with E-state index in [2.05, 4.69) is 75.5 Å². The molecule has 0 aliphatic carbocycles. The van der Waals surface area contributed by atoms with Gasteiger partial charge >= 0.3 is 0 Å². The van der Waals surface area contributed by atoms with E-state index in [4.69, 9.17) is 9.72 Å². The van der Waals surface area contributed by atoms with Crippen molar-refractivity contribution in [3.05, 3.63) is 62.8 Å². The Labute approximate surface area is 175 Å². The lowest BCUT2D eigenvalue weighted by atomic mass is 10.1. The van der Waals surface area contributed by atoms with Crippen LogP contribution in [0.2, 0.25) is 0 Å². The number of aromatic nitrogens is 2. The summed E-state index contributed by atoms with van der Waals surface area (Å²) in [4.78, 5) is 10.3. The van der Waals surface area contributed by atoms with Crippen LogP contribution in [0.25, 0.3) is 21.3 Å². The second kappa shape index (κ2) is 7.44. The number of aryl methyl sites for hydroxylation is 2. The van der Waals surface area contributed by atoms with E-state index in [0.717, 1.165) is 44.4 Å². The summed E-state index contributed by atoms with van der Waals surface area (Å²) < 4.78 is 6.50. The summed E-state index contributed by atoms with van der Waals surface area (Å²) in [6.45, 7) is 4.03. The number of nitrogens with zero attached hydrogens (tertiary/aromatic N) is 2. The van der Waals surface area contributed by atoms with E-state index in [1.54, 1.807) is 18.4 Å². The fourth-order valence-corrected chi connectivity index (χ4v) is 4.66. The predicted molar refractivity (Wildman–Crippen MR) is 121 cm³/mol. The molecule has 0 radical (unpaired) electrons. The number of ether oxygens (including phenoxy) is 1. The molecule has 4 aromatic rings. The van der Waals surface area contributed by atoms with Gasteiger partial charge in [0.15, 0.2) is 0 Å². The first-order valence-corrected chi connectivity index (χ1v) is 10.4. The molecule has 2 aromatic carbocycles. The number of hydrogen-bond acceptors (Lipinski definition) is 5. The lowest BCUT2D eigenvalue weighted by Gasteiger charge is -2.12. The van der Waals surface area contributed by atoms with Gasteiger partial charge in [-0.3, -0.25) is 0 Å². The Morgan fingerprint density at radius 3 is 2.52 bits per heavy atom. The van der Waals surface area contributed by atoms with E-state index in [-0.39, 0.29) is 0 Å². The third kappa shape index (κ3) is 3.64. The van der Waals surface area contributed by atoms with Crippen LogP contribution < -0.4 is 10.1 Å². The van der Waals surface area contributed by atoms with Gasteiger partial charge in [0, 0.05) is 20.2 Å². The molecule has 136 valence electrons. The molecule has 0 fully saturated rings. The average Bonchev–Trinajstić information content (AvgIpc) is 3.08. The van der Waals surface area contributed by atoms with Gasteiger partial charge in [-0.2, -0.15) is 0 Å². The molecule has 2 heterocycles. The Kier molecular flexibility index (Phi) is 5.01. The zero-order valence-electron chi connectivity index (χ0n) is 15.2. The third-order valence-corrected chi connectivity index (χ3v) is 5.93. The first kappa shape index (κ1) is 18.2. The van der Waals surface area contributed by atoms with Gasteiger partial charge in [-0.05, 0) is 77.9 Å². The molecule has 4 nitrogen and oxygen atoms in total. The summed E-state index contributed by atoms with van der Waals surface area (Å²) in [5, 5.41) is 6.72. The van der Waals surface area contributed by atoms with Gasteiger partial charge in [0.1, 0.15) is 22.2 Å². The van der Waals surface area contributed by atoms with Crippen molar-refractivity contribution in [3.8, 4) is 16.9 Å². The lowest BCUT2D eigenvalue weighted by Crippen LogP contribution is -2.00. The number of methoxy groups -OCH3 is 1. The van der Waals surface area contributed by atoms with Crippen molar-refractivity contribution < 1.29 is 4.74 Å². The zero-order chi connectivity index (χ0) is 19.0. The van der Waals surface area contributed by atoms with Crippen LogP contribution in [0.15, 0.2) is 47.8 Å². The van der Waals surface area contributed by atoms with E-state index >= 15 is 0 Å². The molecule has 27 heavy (non-hydrogen) atoms. The highest BCUT2D eigenvalue weighted by Crippen LogP contribution is 2.38. The van der Waals surface area contributed by atoms with Crippen LogP contribution in [0.1, 0.15) is 11.4 Å². The van der Waals surface area contributed by atoms with Crippen molar-refractivity contribution >= 4 is 55.6 Å². The molecular weight excluding hydrogens is 469 g/mol. The molecule has 2 aromatic heterocycles. The molecule has 4 rings (SSSR count). The Morgan fingerprint density at radius 2 is 1.81 bits per heavy atom. The predicted octanol–water partition coefficient (Wildman–Crippen LogP) is 6.33. The van der Waals surface area contributed by atoms with Crippen molar-refractivity contribution in [2.45, 2.75) is 13.8 Å². The summed E-state index contributed by atoms with van der Waals surface area (Å²) in [5.41, 5.74) is 4.49. The number of benzene rings is 2. The molecule has 0 bridgehead atoms. The maximum atomic E-state index is 5.28. The first-order valence-electron chi connectivity index (χ1n) is 8.48. The number of hydrogen-bond donors (Lipinski definition) is 1. The highest BCUT2D eigenvalue weighted by atomic mass is 127. The number of thiophene rings is 1. The number of anilines is 2. The van der Waals surface area contributed by atoms with E-state index in [9.17, 15) is 0 Å². The molecule has 0 unspecified atom stereocenters. The van der Waals surface area contributed by atoms with Crippen molar-refractivity contribution in [2.75, 3.05) is 12.4 Å². The van der Waals surface area contributed by atoms with Gasteiger partial charge in [0.25, 0.3) is 0 Å². The molecule has 0 aliphatic heterocycles. The summed E-state index contributed by atoms with van der Waals surface area (Å²) in [7, 11) is 1.68. The first-order chi connectivity index (χ1) is 13.0. The quantitative estimate of drug-likeness (QED) is 0.342. The highest BCUT2D eigenvalue weighted by molar-refractivity contribution is 14.1. The summed E-state index contributed by atoms with van der Waals surface area (Å²) in [6, 6.07) is 14.4. The molecular formula is C21H18IN3OS. The molecule has 0 spiro atoms. The summed E-state index contributed by atoms with van der Waals surface area (Å²) in [5.74, 6) is 2.45. The number of halogens is 1. The minimum atomic E-state index is 0.760. The third-order valence-electron chi connectivity index (χ3n) is 4.39. The minimum Gasteiger partial charge on any atom is -0.497 e. The SMILES string of the molecule is COc1ccc(-c2csc3nc(C)nc(Nc4ccc(I)cc4C)c23)cc1. The van der Waals surface area contributed by atoms with Crippen LogP contribution in [0, 0.1) is 17.4 Å². The molecule has 0 amide bonds. The fraction of sp³-hybridized carbons (Fsp3) is 0.143. The van der Waals surface area contributed by atoms with Gasteiger partial charge in [0.05, 0.1) is 12.5 Å². The highest BCUT2D eigenvalue weighted by Gasteiger charge is 2.15. The monoisotopic (exact) mass is 487 g/mol. The summed E-state index contributed by atoms with van der Waals surface area (Å²) in [6.07, 6.45) is 0. The van der Waals surface area contributed by atoms with E-state index in [0.29, 0.717) is 0 Å². The van der Waals surface area contributed by atoms with Crippen LogP contribution >= 0.6 is 33.9 Å². The van der Waals surface area contributed by atoms with Gasteiger partial charge in [-0.25, -0.2) is 9.97 Å². The number of fused-ring (bicyclic) bond motifs is 1. The molecule has 1 N–H and O–H groups in total. The molecule has 0 aliphatic rings. The molecule has 0 atom stereocenters. The maximum absolute atomic E-state index is 5.28. The van der Waals surface area contributed by atoms with E-state index < -0.39 is 0 Å². The average molecular weight is 487 g/mol. The van der Waals surface area contributed by atoms with Gasteiger partial charge in [-0.1, -0.05) is 12.1 Å². The lowest BCUT2D eigenvalue weighted by molar-refractivity contribution is 0.415. The molecule has 6 heteroatoms. The Hall–Kier alpha value is -2.19. The Bertz CT molecular complexity index is 1120.